The van der Waals surface area contributed by atoms with Crippen LogP contribution in [-0.2, 0) is 20.9 Å². The average Bonchev–Trinajstić information content (AvgIpc) is 2.52. The molecule has 0 aromatic heterocycles. The molecule has 1 N–H and O–H groups in total. The molecule has 9 heteroatoms. The molecule has 82 valence electrons. The lowest BCUT2D eigenvalue weighted by atomic mass is 10.8. The van der Waals surface area contributed by atoms with Crippen molar-refractivity contribution in [1.29, 1.82) is 0 Å². The summed E-state index contributed by atoms with van der Waals surface area (Å²) < 4.78 is 23.9. The second-order valence-electron chi connectivity index (χ2n) is 2.32. The Kier molecular flexibility index (Phi) is 4.75. The summed E-state index contributed by atoms with van der Waals surface area (Å²) in [6.45, 7) is -1.40. The zero-order valence-electron chi connectivity index (χ0n) is 7.43. The molecule has 1 heterocycles. The molecule has 1 saturated heterocycles. The van der Waals surface area contributed by atoms with Crippen molar-refractivity contribution in [3.8, 4) is 0 Å². The van der Waals surface area contributed by atoms with Gasteiger partial charge < -0.3 is 14.4 Å². The summed E-state index contributed by atoms with van der Waals surface area (Å²) in [5.41, 5.74) is 0. The normalized spacial score (nSPS) is 19.9. The highest BCUT2D eigenvalue weighted by molar-refractivity contribution is 8.15. The van der Waals surface area contributed by atoms with E-state index in [4.69, 9.17) is 20.9 Å². The minimum atomic E-state index is -2.37. The number of rotatable bonds is 4. The predicted octanol–water partition coefficient (Wildman–Crippen LogP) is 1.47. The minimum Gasteiger partial charge on any atom is -0.318 e. The molecule has 0 spiro atoms. The molecule has 1 rings (SSSR count). The summed E-state index contributed by atoms with van der Waals surface area (Å²) >= 11 is 6.29. The maximum absolute atomic E-state index is 11.8. The molecule has 1 aliphatic rings. The van der Waals surface area contributed by atoms with Crippen LogP contribution >= 0.6 is 18.6 Å². The molecular weight excluding hydrogens is 250 g/mol. The highest BCUT2D eigenvalue weighted by atomic mass is 32.5. The molecule has 0 bridgehead atoms. The zero-order chi connectivity index (χ0) is 10.6. The van der Waals surface area contributed by atoms with Gasteiger partial charge in [0.05, 0.1) is 19.1 Å². The van der Waals surface area contributed by atoms with Crippen molar-refractivity contribution in [2.24, 2.45) is 0 Å². The Morgan fingerprint density at radius 1 is 1.71 bits per heavy atom. The van der Waals surface area contributed by atoms with Gasteiger partial charge in [-0.3, -0.25) is 0 Å². The SMILES string of the molecule is CN(SCNC(=O)F)P1(=S)OCCO1. The van der Waals surface area contributed by atoms with Crippen molar-refractivity contribution in [3.05, 3.63) is 0 Å². The first-order chi connectivity index (χ1) is 6.54. The monoisotopic (exact) mass is 260 g/mol. The third-order valence-electron chi connectivity index (χ3n) is 1.40. The molecule has 0 radical (unpaired) electrons. The van der Waals surface area contributed by atoms with E-state index in [9.17, 15) is 9.18 Å². The van der Waals surface area contributed by atoms with Crippen molar-refractivity contribution in [3.63, 3.8) is 0 Å². The standard InChI is InChI=1S/C5H10FN2O3PS2/c1-8(14-4-7-5(6)9)12(13)10-2-3-11-12/h2-4H2,1H3,(H,7,9). The van der Waals surface area contributed by atoms with Crippen LogP contribution in [0.25, 0.3) is 0 Å². The van der Waals surface area contributed by atoms with E-state index in [0.717, 1.165) is 11.9 Å². The molecule has 5 nitrogen and oxygen atoms in total. The van der Waals surface area contributed by atoms with Gasteiger partial charge in [0.25, 0.3) is 6.64 Å². The molecule has 1 amide bonds. The number of carbonyl (C=O) groups is 1. The first-order valence-electron chi connectivity index (χ1n) is 3.74. The Morgan fingerprint density at radius 3 is 2.79 bits per heavy atom. The number of halogens is 1. The molecule has 0 saturated carbocycles. The summed E-state index contributed by atoms with van der Waals surface area (Å²) in [5.74, 6) is 0.108. The molecule has 1 fully saturated rings. The first-order valence-corrected chi connectivity index (χ1v) is 7.27. The lowest BCUT2D eigenvalue weighted by molar-refractivity contribution is 0.223. The summed E-state index contributed by atoms with van der Waals surface area (Å²) in [4.78, 5) is 9.94. The van der Waals surface area contributed by atoms with Crippen molar-refractivity contribution in [1.82, 2.24) is 9.39 Å². The fourth-order valence-corrected chi connectivity index (χ4v) is 4.03. The van der Waals surface area contributed by atoms with Gasteiger partial charge in [-0.1, -0.05) is 0 Å². The minimum absolute atomic E-state index is 0.108. The number of nitrogens with one attached hydrogen (secondary N) is 1. The Morgan fingerprint density at radius 2 is 2.29 bits per heavy atom. The van der Waals surface area contributed by atoms with Crippen molar-refractivity contribution < 1.29 is 18.2 Å². The van der Waals surface area contributed by atoms with Gasteiger partial charge in [-0.15, -0.1) is 4.39 Å². The fourth-order valence-electron chi connectivity index (χ4n) is 0.758. The third-order valence-corrected chi connectivity index (χ3v) is 6.42. The van der Waals surface area contributed by atoms with E-state index in [1.165, 1.54) is 0 Å². The van der Waals surface area contributed by atoms with E-state index in [1.54, 1.807) is 11.1 Å². The van der Waals surface area contributed by atoms with Gasteiger partial charge in [0, 0.05) is 7.05 Å². The number of carbonyl (C=O) groups excluding carboxylic acids is 1. The first kappa shape index (κ1) is 12.4. The van der Waals surface area contributed by atoms with Crippen LogP contribution < -0.4 is 5.32 Å². The molecule has 0 atom stereocenters. The highest BCUT2D eigenvalue weighted by Crippen LogP contribution is 2.57. The van der Waals surface area contributed by atoms with Gasteiger partial charge in [0.1, 0.15) is 0 Å². The van der Waals surface area contributed by atoms with E-state index < -0.39 is 12.8 Å². The van der Waals surface area contributed by atoms with Crippen LogP contribution in [0.4, 0.5) is 9.18 Å². The third kappa shape index (κ3) is 3.45. The van der Waals surface area contributed by atoms with E-state index in [-0.39, 0.29) is 5.88 Å². The van der Waals surface area contributed by atoms with Crippen LogP contribution in [0.1, 0.15) is 0 Å². The Bertz CT molecular complexity index is 257. The number of nitrogens with zero attached hydrogens (tertiary/aromatic N) is 1. The Labute approximate surface area is 90.7 Å². The summed E-state index contributed by atoms with van der Waals surface area (Å²) in [5, 5.41) is 1.99. The van der Waals surface area contributed by atoms with Gasteiger partial charge in [0.2, 0.25) is 0 Å². The van der Waals surface area contributed by atoms with Gasteiger partial charge >= 0.3 is 6.16 Å². The number of amides is 1. The average molecular weight is 260 g/mol. The molecule has 0 aromatic carbocycles. The van der Waals surface area contributed by atoms with Crippen molar-refractivity contribution >= 4 is 36.6 Å². The van der Waals surface area contributed by atoms with E-state index >= 15 is 0 Å². The predicted molar refractivity (Wildman–Crippen MR) is 56.0 cm³/mol. The molecular formula is C5H10FN2O3PS2. The van der Waals surface area contributed by atoms with Crippen LogP contribution in [0.3, 0.4) is 0 Å². The largest absolute Gasteiger partial charge is 0.398 e. The Balaban J connectivity index is 2.30. The van der Waals surface area contributed by atoms with Gasteiger partial charge in [-0.2, -0.15) is 4.08 Å². The van der Waals surface area contributed by atoms with Crippen LogP contribution in [-0.4, -0.2) is 36.4 Å². The topological polar surface area (TPSA) is 50.8 Å². The van der Waals surface area contributed by atoms with E-state index in [1.807, 2.05) is 5.32 Å². The number of hydrogen-bond donors (Lipinski definition) is 1. The van der Waals surface area contributed by atoms with E-state index in [0.29, 0.717) is 13.2 Å². The highest BCUT2D eigenvalue weighted by Gasteiger charge is 2.30. The van der Waals surface area contributed by atoms with E-state index in [2.05, 4.69) is 0 Å². The van der Waals surface area contributed by atoms with Gasteiger partial charge in [-0.25, -0.2) is 4.79 Å². The fraction of sp³-hybridized carbons (Fsp3) is 0.800. The lowest BCUT2D eigenvalue weighted by Gasteiger charge is -2.23. The molecule has 0 aromatic rings. The lowest BCUT2D eigenvalue weighted by Crippen LogP contribution is -2.19. The quantitative estimate of drug-likeness (QED) is 0.272. The summed E-state index contributed by atoms with van der Waals surface area (Å²) in [7, 11) is 1.70. The molecule has 14 heavy (non-hydrogen) atoms. The van der Waals surface area contributed by atoms with Gasteiger partial charge in [0.15, 0.2) is 0 Å². The number of hydrogen-bond acceptors (Lipinski definition) is 5. The smallest absolute Gasteiger partial charge is 0.318 e. The van der Waals surface area contributed by atoms with Gasteiger partial charge in [-0.05, 0) is 23.8 Å². The maximum Gasteiger partial charge on any atom is 0.398 e. The van der Waals surface area contributed by atoms with Crippen LogP contribution in [0.2, 0.25) is 0 Å². The Hall–Kier alpha value is 0.280. The molecule has 1 aliphatic heterocycles. The second-order valence-corrected chi connectivity index (χ2v) is 7.13. The maximum atomic E-state index is 11.8. The summed E-state index contributed by atoms with van der Waals surface area (Å²) in [6.07, 6.45) is -1.56. The molecule has 0 unspecified atom stereocenters. The van der Waals surface area contributed by atoms with Crippen LogP contribution in [0, 0.1) is 0 Å². The molecule has 0 aliphatic carbocycles. The van der Waals surface area contributed by atoms with Crippen molar-refractivity contribution in [2.75, 3.05) is 26.1 Å². The van der Waals surface area contributed by atoms with Crippen molar-refractivity contribution in [2.45, 2.75) is 0 Å². The summed E-state index contributed by atoms with van der Waals surface area (Å²) in [6, 6.07) is 0. The second kappa shape index (κ2) is 5.39. The van der Waals surface area contributed by atoms with Crippen LogP contribution in [0.15, 0.2) is 0 Å². The zero-order valence-corrected chi connectivity index (χ0v) is 9.96. The van der Waals surface area contributed by atoms with Crippen LogP contribution in [0.5, 0.6) is 0 Å².